The lowest BCUT2D eigenvalue weighted by Crippen LogP contribution is -2.15. The molecule has 38 heavy (non-hydrogen) atoms. The minimum atomic E-state index is -4.45. The number of ether oxygens (including phenoxy) is 1. The molecule has 0 unspecified atom stereocenters. The van der Waals surface area contributed by atoms with Gasteiger partial charge in [-0.3, -0.25) is 19.7 Å². The summed E-state index contributed by atoms with van der Waals surface area (Å²) in [4.78, 5) is 34.4. The van der Waals surface area contributed by atoms with E-state index in [4.69, 9.17) is 8.92 Å². The topological polar surface area (TPSA) is 166 Å². The average Bonchev–Trinajstić information content (AvgIpc) is 2.88. The first-order valence-corrected chi connectivity index (χ1v) is 12.5. The minimum absolute atomic E-state index is 0.00474. The molecule has 0 spiro atoms. The summed E-state index contributed by atoms with van der Waals surface area (Å²) >= 11 is 0. The Bertz CT molecular complexity index is 1590. The second-order valence-corrected chi connectivity index (χ2v) is 9.20. The number of carbonyl (C=O) groups is 2. The number of nitriles is 1. The quantitative estimate of drug-likeness (QED) is 0.0981. The second-order valence-electron chi connectivity index (χ2n) is 7.66. The SMILES string of the molecule is CCOc1cc(/C=C(/C#N)C(=O)Nc2ccccc2C(C)=O)ccc1OS(=O)(=O)c1cccc([N+](=O)[O-])c1. The van der Waals surface area contributed by atoms with E-state index >= 15 is 0 Å². The molecule has 0 heterocycles. The fourth-order valence-corrected chi connectivity index (χ4v) is 4.26. The zero-order chi connectivity index (χ0) is 27.9. The molecule has 11 nitrogen and oxygen atoms in total. The summed E-state index contributed by atoms with van der Waals surface area (Å²) in [5.74, 6) is -1.23. The van der Waals surface area contributed by atoms with E-state index in [-0.39, 0.29) is 40.7 Å². The molecule has 0 bridgehead atoms. The molecule has 194 valence electrons. The second kappa shape index (κ2) is 11.8. The number of non-ortho nitro benzene ring substituents is 1. The van der Waals surface area contributed by atoms with E-state index in [1.165, 1.54) is 43.3 Å². The van der Waals surface area contributed by atoms with E-state index in [1.807, 2.05) is 0 Å². The number of nitrogens with one attached hydrogen (secondary N) is 1. The molecule has 3 rings (SSSR count). The number of nitro benzene ring substituents is 1. The summed E-state index contributed by atoms with van der Waals surface area (Å²) in [6.45, 7) is 3.14. The smallest absolute Gasteiger partial charge is 0.339 e. The first-order valence-electron chi connectivity index (χ1n) is 11.0. The van der Waals surface area contributed by atoms with Gasteiger partial charge in [0.1, 0.15) is 16.5 Å². The van der Waals surface area contributed by atoms with E-state index in [1.54, 1.807) is 31.2 Å². The van der Waals surface area contributed by atoms with Crippen LogP contribution in [0.3, 0.4) is 0 Å². The fourth-order valence-electron chi connectivity index (χ4n) is 3.27. The van der Waals surface area contributed by atoms with Gasteiger partial charge >= 0.3 is 10.1 Å². The van der Waals surface area contributed by atoms with E-state index < -0.39 is 31.5 Å². The number of anilines is 1. The predicted molar refractivity (Wildman–Crippen MR) is 137 cm³/mol. The molecule has 3 aromatic rings. The third kappa shape index (κ3) is 6.59. The number of Topliss-reactive ketones (excluding diaryl/α,β-unsaturated/α-hetero) is 1. The lowest BCUT2D eigenvalue weighted by molar-refractivity contribution is -0.385. The van der Waals surface area contributed by atoms with Gasteiger partial charge in [-0.05, 0) is 55.8 Å². The zero-order valence-electron chi connectivity index (χ0n) is 20.2. The maximum Gasteiger partial charge on any atom is 0.339 e. The molecule has 0 saturated heterocycles. The van der Waals surface area contributed by atoms with Gasteiger partial charge in [0.2, 0.25) is 0 Å². The van der Waals surface area contributed by atoms with Gasteiger partial charge in [-0.15, -0.1) is 0 Å². The van der Waals surface area contributed by atoms with Crippen molar-refractivity contribution in [2.75, 3.05) is 11.9 Å². The van der Waals surface area contributed by atoms with Crippen molar-refractivity contribution >= 4 is 39.3 Å². The molecular formula is C26H21N3O8S. The van der Waals surface area contributed by atoms with E-state index in [9.17, 15) is 33.4 Å². The van der Waals surface area contributed by atoms with Crippen LogP contribution in [-0.4, -0.2) is 31.6 Å². The van der Waals surface area contributed by atoms with Gasteiger partial charge in [-0.1, -0.05) is 24.3 Å². The fraction of sp³-hybridized carbons (Fsp3) is 0.115. The Morgan fingerprint density at radius 3 is 2.47 bits per heavy atom. The lowest BCUT2D eigenvalue weighted by atomic mass is 10.1. The summed E-state index contributed by atoms with van der Waals surface area (Å²) in [7, 11) is -4.45. The van der Waals surface area contributed by atoms with Crippen LogP contribution in [-0.2, 0) is 14.9 Å². The maximum atomic E-state index is 12.7. The van der Waals surface area contributed by atoms with Crippen molar-refractivity contribution < 1.29 is 31.9 Å². The van der Waals surface area contributed by atoms with Crippen molar-refractivity contribution in [1.82, 2.24) is 0 Å². The molecule has 0 atom stereocenters. The number of carbonyl (C=O) groups excluding carboxylic acids is 2. The van der Waals surface area contributed by atoms with E-state index in [0.717, 1.165) is 18.2 Å². The van der Waals surface area contributed by atoms with Gasteiger partial charge in [0, 0.05) is 17.7 Å². The molecule has 3 aromatic carbocycles. The Hall–Kier alpha value is -5.02. The highest BCUT2D eigenvalue weighted by Gasteiger charge is 2.22. The van der Waals surface area contributed by atoms with Crippen LogP contribution in [0.15, 0.2) is 77.2 Å². The summed E-state index contributed by atoms with van der Waals surface area (Å²) in [6.07, 6.45) is 1.26. The highest BCUT2D eigenvalue weighted by atomic mass is 32.2. The van der Waals surface area contributed by atoms with Crippen LogP contribution < -0.4 is 14.2 Å². The summed E-state index contributed by atoms with van der Waals surface area (Å²) < 4.78 is 36.2. The van der Waals surface area contributed by atoms with Crippen LogP contribution in [0.1, 0.15) is 29.8 Å². The zero-order valence-corrected chi connectivity index (χ0v) is 21.0. The van der Waals surface area contributed by atoms with Gasteiger partial charge in [0.15, 0.2) is 17.3 Å². The average molecular weight is 536 g/mol. The molecule has 0 fully saturated rings. The van der Waals surface area contributed by atoms with Crippen LogP contribution in [0.4, 0.5) is 11.4 Å². The van der Waals surface area contributed by atoms with Crippen LogP contribution >= 0.6 is 0 Å². The van der Waals surface area contributed by atoms with Gasteiger partial charge in [-0.25, -0.2) is 0 Å². The number of nitro groups is 1. The first-order chi connectivity index (χ1) is 18.1. The molecule has 0 saturated carbocycles. The van der Waals surface area contributed by atoms with Gasteiger partial charge < -0.3 is 14.2 Å². The molecule has 0 aliphatic rings. The number of rotatable bonds is 10. The summed E-state index contributed by atoms with van der Waals surface area (Å²) in [5.41, 5.74) is 0.136. The Labute approximate surface area is 218 Å². The molecule has 0 aliphatic carbocycles. The van der Waals surface area contributed by atoms with Crippen molar-refractivity contribution in [1.29, 1.82) is 5.26 Å². The molecule has 0 radical (unpaired) electrons. The third-order valence-electron chi connectivity index (χ3n) is 5.01. The Kier molecular flexibility index (Phi) is 8.57. The number of para-hydroxylation sites is 1. The van der Waals surface area contributed by atoms with Gasteiger partial charge in [0.05, 0.1) is 17.2 Å². The lowest BCUT2D eigenvalue weighted by Gasteiger charge is -2.13. The normalized spacial score (nSPS) is 11.2. The largest absolute Gasteiger partial charge is 0.490 e. The van der Waals surface area contributed by atoms with Crippen LogP contribution in [0.2, 0.25) is 0 Å². The number of hydrogen-bond acceptors (Lipinski definition) is 9. The van der Waals surface area contributed by atoms with Crippen molar-refractivity contribution in [3.63, 3.8) is 0 Å². The van der Waals surface area contributed by atoms with Crippen LogP contribution in [0.25, 0.3) is 6.08 Å². The number of hydrogen-bond donors (Lipinski definition) is 1. The highest BCUT2D eigenvalue weighted by molar-refractivity contribution is 7.87. The molecule has 0 aliphatic heterocycles. The first kappa shape index (κ1) is 27.6. The number of nitrogens with zero attached hydrogens (tertiary/aromatic N) is 2. The Morgan fingerprint density at radius 1 is 1.08 bits per heavy atom. The standard InChI is InChI=1S/C26H21N3O8S/c1-3-36-25-14-18(13-19(16-27)26(31)28-23-10-5-4-9-22(23)17(2)30)11-12-24(25)37-38(34,35)21-8-6-7-20(15-21)29(32)33/h4-15H,3H2,1-2H3,(H,28,31)/b19-13-. The van der Waals surface area contributed by atoms with Crippen molar-refractivity contribution in [2.24, 2.45) is 0 Å². The minimum Gasteiger partial charge on any atom is -0.490 e. The number of ketones is 1. The van der Waals surface area contributed by atoms with Crippen LogP contribution in [0, 0.1) is 21.4 Å². The molecule has 1 N–H and O–H groups in total. The van der Waals surface area contributed by atoms with E-state index in [0.29, 0.717) is 5.56 Å². The molecule has 12 heteroatoms. The van der Waals surface area contributed by atoms with Crippen molar-refractivity contribution in [2.45, 2.75) is 18.7 Å². The molecular weight excluding hydrogens is 514 g/mol. The monoisotopic (exact) mass is 535 g/mol. The van der Waals surface area contributed by atoms with Crippen molar-refractivity contribution in [3.05, 3.63) is 93.5 Å². The Morgan fingerprint density at radius 2 is 1.82 bits per heavy atom. The molecule has 0 aromatic heterocycles. The van der Waals surface area contributed by atoms with Gasteiger partial charge in [-0.2, -0.15) is 13.7 Å². The predicted octanol–water partition coefficient (Wildman–Crippen LogP) is 4.51. The number of amides is 1. The van der Waals surface area contributed by atoms with Crippen molar-refractivity contribution in [3.8, 4) is 17.6 Å². The number of benzene rings is 3. The Balaban J connectivity index is 1.91. The molecule has 1 amide bonds. The third-order valence-corrected chi connectivity index (χ3v) is 6.25. The summed E-state index contributed by atoms with van der Waals surface area (Å²) in [6, 6.07) is 16.6. The summed E-state index contributed by atoms with van der Waals surface area (Å²) in [5, 5.41) is 23.1. The van der Waals surface area contributed by atoms with E-state index in [2.05, 4.69) is 5.32 Å². The van der Waals surface area contributed by atoms with Gasteiger partial charge in [0.25, 0.3) is 11.6 Å². The highest BCUT2D eigenvalue weighted by Crippen LogP contribution is 2.32. The van der Waals surface area contributed by atoms with Crippen LogP contribution in [0.5, 0.6) is 11.5 Å². The maximum absolute atomic E-state index is 12.7.